The van der Waals surface area contributed by atoms with Crippen molar-refractivity contribution in [3.8, 4) is 0 Å². The van der Waals surface area contributed by atoms with Gasteiger partial charge in [-0.1, -0.05) is 207 Å². The Hall–Kier alpha value is -0.0400. The molecule has 0 amide bonds. The maximum atomic E-state index is 6.90. The molecule has 0 aromatic rings. The number of hydrogen-bond donors (Lipinski definition) is 1. The second-order valence-electron chi connectivity index (χ2n) is 12.8. The van der Waals surface area contributed by atoms with E-state index in [2.05, 4.69) is 20.8 Å². The molecule has 1 heteroatoms. The van der Waals surface area contributed by atoms with Crippen LogP contribution in [0.5, 0.6) is 0 Å². The smallest absolute Gasteiger partial charge is 0.0154 e. The monoisotopic (exact) mass is 522 g/mol. The lowest BCUT2D eigenvalue weighted by Gasteiger charge is -2.29. The molecule has 2 N–H and O–H groups in total. The van der Waals surface area contributed by atoms with Crippen LogP contribution in [0.1, 0.15) is 226 Å². The van der Waals surface area contributed by atoms with E-state index >= 15 is 0 Å². The molecular formula is C36H75N. The van der Waals surface area contributed by atoms with E-state index in [9.17, 15) is 0 Å². The molecule has 0 aromatic heterocycles. The normalized spacial score (nSPS) is 12.0. The molecular weight excluding hydrogens is 446 g/mol. The first-order valence-corrected chi connectivity index (χ1v) is 18.0. The molecule has 0 bridgehead atoms. The molecule has 0 unspecified atom stereocenters. The Balaban J connectivity index is 3.52. The van der Waals surface area contributed by atoms with Gasteiger partial charge in [-0.05, 0) is 19.3 Å². The Bertz CT molecular complexity index is 371. The van der Waals surface area contributed by atoms with Crippen molar-refractivity contribution in [2.75, 3.05) is 0 Å². The zero-order chi connectivity index (χ0) is 27.1. The lowest BCUT2D eigenvalue weighted by Crippen LogP contribution is -2.39. The van der Waals surface area contributed by atoms with Crippen molar-refractivity contribution >= 4 is 0 Å². The molecule has 0 rings (SSSR count). The average Bonchev–Trinajstić information content (AvgIpc) is 2.89. The molecule has 1 nitrogen and oxygen atoms in total. The van der Waals surface area contributed by atoms with Crippen LogP contribution in [0.2, 0.25) is 0 Å². The summed E-state index contributed by atoms with van der Waals surface area (Å²) in [5.74, 6) is 0. The number of nitrogens with two attached hydrogens (primary N) is 1. The van der Waals surface area contributed by atoms with Crippen LogP contribution >= 0.6 is 0 Å². The fourth-order valence-electron chi connectivity index (χ4n) is 6.22. The van der Waals surface area contributed by atoms with Crippen molar-refractivity contribution in [2.45, 2.75) is 232 Å². The van der Waals surface area contributed by atoms with E-state index in [1.54, 1.807) is 0 Å². The summed E-state index contributed by atoms with van der Waals surface area (Å²) in [5.41, 5.74) is 7.03. The first-order chi connectivity index (χ1) is 18.2. The van der Waals surface area contributed by atoms with Crippen molar-refractivity contribution in [3.05, 3.63) is 0 Å². The maximum Gasteiger partial charge on any atom is 0.0154 e. The van der Waals surface area contributed by atoms with E-state index in [1.165, 1.54) is 205 Å². The summed E-state index contributed by atoms with van der Waals surface area (Å²) in [4.78, 5) is 0. The minimum atomic E-state index is 0.128. The molecule has 0 spiro atoms. The number of rotatable bonds is 32. The zero-order valence-corrected chi connectivity index (χ0v) is 26.7. The maximum absolute atomic E-state index is 6.90. The van der Waals surface area contributed by atoms with Crippen LogP contribution < -0.4 is 5.73 Å². The van der Waals surface area contributed by atoms with Gasteiger partial charge in [0, 0.05) is 5.54 Å². The van der Waals surface area contributed by atoms with E-state index in [4.69, 9.17) is 5.73 Å². The standard InChI is InChI=1S/C36H75N/c1-4-7-9-11-13-15-17-19-21-23-25-27-29-31-34-36(37,33-6-3)35-32-30-28-26-24-22-20-18-16-14-12-10-8-5-2/h4-35,37H2,1-3H3. The topological polar surface area (TPSA) is 26.0 Å². The Morgan fingerprint density at radius 1 is 0.270 bits per heavy atom. The van der Waals surface area contributed by atoms with Gasteiger partial charge in [-0.3, -0.25) is 0 Å². The minimum absolute atomic E-state index is 0.128. The van der Waals surface area contributed by atoms with E-state index < -0.39 is 0 Å². The first-order valence-electron chi connectivity index (χ1n) is 18.0. The quantitative estimate of drug-likeness (QED) is 0.0875. The highest BCUT2D eigenvalue weighted by atomic mass is 14.7. The third-order valence-electron chi connectivity index (χ3n) is 8.80. The van der Waals surface area contributed by atoms with Gasteiger partial charge in [-0.15, -0.1) is 0 Å². The molecule has 0 saturated heterocycles. The molecule has 0 radical (unpaired) electrons. The Morgan fingerprint density at radius 2 is 0.486 bits per heavy atom. The summed E-state index contributed by atoms with van der Waals surface area (Å²) in [7, 11) is 0. The van der Waals surface area contributed by atoms with E-state index in [-0.39, 0.29) is 5.54 Å². The van der Waals surface area contributed by atoms with Crippen molar-refractivity contribution in [3.63, 3.8) is 0 Å². The summed E-state index contributed by atoms with van der Waals surface area (Å²) in [6, 6.07) is 0. The van der Waals surface area contributed by atoms with Crippen LogP contribution in [0.4, 0.5) is 0 Å². The summed E-state index contributed by atoms with van der Waals surface area (Å²) in [5, 5.41) is 0. The van der Waals surface area contributed by atoms with Gasteiger partial charge in [0.05, 0.1) is 0 Å². The Labute approximate surface area is 237 Å². The van der Waals surface area contributed by atoms with Gasteiger partial charge in [0.1, 0.15) is 0 Å². The van der Waals surface area contributed by atoms with Gasteiger partial charge in [-0.2, -0.15) is 0 Å². The molecule has 0 heterocycles. The van der Waals surface area contributed by atoms with Crippen LogP contribution in [0.25, 0.3) is 0 Å². The number of hydrogen-bond acceptors (Lipinski definition) is 1. The van der Waals surface area contributed by atoms with Gasteiger partial charge in [0.25, 0.3) is 0 Å². The molecule has 0 aromatic carbocycles. The predicted molar refractivity (Wildman–Crippen MR) is 172 cm³/mol. The fourth-order valence-corrected chi connectivity index (χ4v) is 6.22. The predicted octanol–water partition coefficient (Wildman–Crippen LogP) is 13.2. The van der Waals surface area contributed by atoms with E-state index in [0.29, 0.717) is 0 Å². The molecule has 0 fully saturated rings. The highest BCUT2D eigenvalue weighted by molar-refractivity contribution is 4.83. The molecule has 0 atom stereocenters. The van der Waals surface area contributed by atoms with Crippen LogP contribution in [0, 0.1) is 0 Å². The molecule has 224 valence electrons. The Morgan fingerprint density at radius 3 is 0.703 bits per heavy atom. The molecule has 0 aliphatic carbocycles. The summed E-state index contributed by atoms with van der Waals surface area (Å²) >= 11 is 0. The molecule has 37 heavy (non-hydrogen) atoms. The molecule has 0 aliphatic heterocycles. The first kappa shape index (κ1) is 37.0. The summed E-state index contributed by atoms with van der Waals surface area (Å²) in [6.07, 6.45) is 45.3. The van der Waals surface area contributed by atoms with Gasteiger partial charge in [0.15, 0.2) is 0 Å². The molecule has 0 aliphatic rings. The third kappa shape index (κ3) is 28.8. The van der Waals surface area contributed by atoms with Crippen LogP contribution in [0.3, 0.4) is 0 Å². The second-order valence-corrected chi connectivity index (χ2v) is 12.8. The van der Waals surface area contributed by atoms with Crippen molar-refractivity contribution in [2.24, 2.45) is 5.73 Å². The van der Waals surface area contributed by atoms with Crippen molar-refractivity contribution < 1.29 is 0 Å². The lowest BCUT2D eigenvalue weighted by atomic mass is 9.83. The third-order valence-corrected chi connectivity index (χ3v) is 8.80. The largest absolute Gasteiger partial charge is 0.325 e. The van der Waals surface area contributed by atoms with Crippen molar-refractivity contribution in [1.29, 1.82) is 0 Å². The van der Waals surface area contributed by atoms with Crippen LogP contribution in [-0.2, 0) is 0 Å². The van der Waals surface area contributed by atoms with Crippen LogP contribution in [-0.4, -0.2) is 5.54 Å². The number of unbranched alkanes of at least 4 members (excludes halogenated alkanes) is 26. The highest BCUT2D eigenvalue weighted by Crippen LogP contribution is 2.26. The summed E-state index contributed by atoms with van der Waals surface area (Å²) < 4.78 is 0. The second kappa shape index (κ2) is 30.5. The van der Waals surface area contributed by atoms with Gasteiger partial charge < -0.3 is 5.73 Å². The SMILES string of the molecule is CCCCCCCCCCCCCCCCC(N)(CCC)CCCCCCCCCCCCCCCC. The lowest BCUT2D eigenvalue weighted by molar-refractivity contribution is 0.310. The Kier molecular flexibility index (Phi) is 30.5. The average molecular weight is 522 g/mol. The van der Waals surface area contributed by atoms with Crippen LogP contribution in [0.15, 0.2) is 0 Å². The zero-order valence-electron chi connectivity index (χ0n) is 26.7. The van der Waals surface area contributed by atoms with E-state index in [1.807, 2.05) is 0 Å². The van der Waals surface area contributed by atoms with Gasteiger partial charge in [0.2, 0.25) is 0 Å². The highest BCUT2D eigenvalue weighted by Gasteiger charge is 2.22. The van der Waals surface area contributed by atoms with Crippen molar-refractivity contribution in [1.82, 2.24) is 0 Å². The minimum Gasteiger partial charge on any atom is -0.325 e. The van der Waals surface area contributed by atoms with E-state index in [0.717, 1.165) is 0 Å². The molecule has 0 saturated carbocycles. The fraction of sp³-hybridized carbons (Fsp3) is 1.00. The van der Waals surface area contributed by atoms with Gasteiger partial charge in [-0.25, -0.2) is 0 Å². The summed E-state index contributed by atoms with van der Waals surface area (Å²) in [6.45, 7) is 6.93. The van der Waals surface area contributed by atoms with Gasteiger partial charge >= 0.3 is 0 Å².